The summed E-state index contributed by atoms with van der Waals surface area (Å²) >= 11 is 1.44. The molecule has 0 aliphatic heterocycles. The molecule has 0 N–H and O–H groups in total. The third kappa shape index (κ3) is 5.65. The van der Waals surface area contributed by atoms with E-state index in [0.717, 1.165) is 36.8 Å². The number of hydrogen-bond acceptors (Lipinski definition) is 5. The number of rotatable bonds is 8. The molecule has 0 atom stereocenters. The van der Waals surface area contributed by atoms with Crippen LogP contribution < -0.4 is 4.90 Å². The number of carbonyl (C=O) groups is 1. The second-order valence-corrected chi connectivity index (χ2v) is 7.23. The first-order valence-electron chi connectivity index (χ1n) is 7.65. The van der Waals surface area contributed by atoms with Crippen LogP contribution in [0.15, 0.2) is 0 Å². The van der Waals surface area contributed by atoms with Crippen molar-refractivity contribution in [1.82, 2.24) is 4.98 Å². The summed E-state index contributed by atoms with van der Waals surface area (Å²) in [5.41, 5.74) is 0.765. The van der Waals surface area contributed by atoms with Crippen molar-refractivity contribution in [1.29, 1.82) is 0 Å². The zero-order valence-electron chi connectivity index (χ0n) is 14.1. The number of hydrogen-bond donors (Lipinski definition) is 0. The van der Waals surface area contributed by atoms with E-state index in [-0.39, 0.29) is 5.97 Å². The Morgan fingerprint density at radius 1 is 1.19 bits per heavy atom. The van der Waals surface area contributed by atoms with Gasteiger partial charge >= 0.3 is 5.97 Å². The van der Waals surface area contributed by atoms with Gasteiger partial charge in [0, 0.05) is 13.1 Å². The van der Waals surface area contributed by atoms with Gasteiger partial charge in [0.15, 0.2) is 5.13 Å². The number of thiazole rings is 1. The van der Waals surface area contributed by atoms with E-state index in [4.69, 9.17) is 4.74 Å². The van der Waals surface area contributed by atoms with Crippen LogP contribution in [0.1, 0.15) is 55.9 Å². The van der Waals surface area contributed by atoms with Gasteiger partial charge < -0.3 is 9.64 Å². The van der Waals surface area contributed by atoms with Crippen molar-refractivity contribution in [2.75, 3.05) is 25.1 Å². The summed E-state index contributed by atoms with van der Waals surface area (Å²) in [5.74, 6) is 1.03. The molecule has 0 aliphatic carbocycles. The minimum Gasteiger partial charge on any atom is -0.465 e. The van der Waals surface area contributed by atoms with Gasteiger partial charge in [-0.15, -0.1) is 0 Å². The van der Waals surface area contributed by atoms with Gasteiger partial charge in [-0.1, -0.05) is 39.0 Å². The van der Waals surface area contributed by atoms with Gasteiger partial charge in [-0.3, -0.25) is 0 Å². The predicted octanol–water partition coefficient (Wildman–Crippen LogP) is 4.14. The van der Waals surface area contributed by atoms with Crippen LogP contribution in [0.2, 0.25) is 0 Å². The number of carbonyl (C=O) groups excluding carboxylic acids is 1. The van der Waals surface area contributed by atoms with E-state index in [0.29, 0.717) is 16.7 Å². The van der Waals surface area contributed by atoms with Gasteiger partial charge in [0.25, 0.3) is 0 Å². The summed E-state index contributed by atoms with van der Waals surface area (Å²) in [6.45, 7) is 12.8. The second-order valence-electron chi connectivity index (χ2n) is 6.25. The molecule has 0 spiro atoms. The van der Waals surface area contributed by atoms with Gasteiger partial charge in [0.05, 0.1) is 12.8 Å². The molecule has 0 radical (unpaired) electrons. The molecule has 21 heavy (non-hydrogen) atoms. The molecule has 0 aliphatic rings. The Bertz CT molecular complexity index is 443. The minimum atomic E-state index is -0.288. The normalized spacial score (nSPS) is 11.2. The van der Waals surface area contributed by atoms with Crippen molar-refractivity contribution in [2.24, 2.45) is 11.8 Å². The zero-order valence-corrected chi connectivity index (χ0v) is 14.9. The monoisotopic (exact) mass is 312 g/mol. The van der Waals surface area contributed by atoms with Crippen molar-refractivity contribution in [3.63, 3.8) is 0 Å². The number of nitrogens with zero attached hydrogens (tertiary/aromatic N) is 2. The fraction of sp³-hybridized carbons (Fsp3) is 0.750. The third-order valence-corrected chi connectivity index (χ3v) is 4.58. The van der Waals surface area contributed by atoms with E-state index in [1.54, 1.807) is 0 Å². The smallest absolute Gasteiger partial charge is 0.350 e. The van der Waals surface area contributed by atoms with Crippen molar-refractivity contribution >= 4 is 22.4 Å². The van der Waals surface area contributed by atoms with Crippen LogP contribution in [-0.4, -0.2) is 31.2 Å². The molecule has 0 aromatic carbocycles. The molecular formula is C16H28N2O2S. The third-order valence-electron chi connectivity index (χ3n) is 3.38. The summed E-state index contributed by atoms with van der Waals surface area (Å²) < 4.78 is 4.82. The molecule has 0 saturated heterocycles. The van der Waals surface area contributed by atoms with E-state index < -0.39 is 0 Å². The standard InChI is InChI=1S/C16H28N2O2S/c1-11(2)7-9-18(10-8-12(3)4)16-17-13(5)14(21-16)15(19)20-6/h11-12H,7-10H2,1-6H3. The molecule has 1 aromatic rings. The lowest BCUT2D eigenvalue weighted by Crippen LogP contribution is -2.27. The zero-order chi connectivity index (χ0) is 16.0. The van der Waals surface area contributed by atoms with Crippen LogP contribution >= 0.6 is 11.3 Å². The average molecular weight is 312 g/mol. The molecule has 1 rings (SSSR count). The number of aromatic nitrogens is 1. The Hall–Kier alpha value is -1.10. The highest BCUT2D eigenvalue weighted by Gasteiger charge is 2.19. The van der Waals surface area contributed by atoms with Crippen molar-refractivity contribution in [3.8, 4) is 0 Å². The Labute approximate surface area is 132 Å². The van der Waals surface area contributed by atoms with E-state index in [1.165, 1.54) is 18.4 Å². The Morgan fingerprint density at radius 2 is 1.71 bits per heavy atom. The lowest BCUT2D eigenvalue weighted by molar-refractivity contribution is 0.0605. The highest BCUT2D eigenvalue weighted by molar-refractivity contribution is 7.17. The second kappa shape index (κ2) is 8.37. The van der Waals surface area contributed by atoms with Crippen LogP contribution in [0.25, 0.3) is 0 Å². The minimum absolute atomic E-state index is 0.288. The van der Waals surface area contributed by atoms with Gasteiger partial charge in [-0.05, 0) is 31.6 Å². The molecule has 0 bridgehead atoms. The number of aryl methyl sites for hydroxylation is 1. The Kier molecular flexibility index (Phi) is 7.15. The lowest BCUT2D eigenvalue weighted by Gasteiger charge is -2.23. The summed E-state index contributed by atoms with van der Waals surface area (Å²) in [7, 11) is 1.41. The van der Waals surface area contributed by atoms with Crippen LogP contribution in [-0.2, 0) is 4.74 Å². The molecule has 4 nitrogen and oxygen atoms in total. The predicted molar refractivity (Wildman–Crippen MR) is 89.3 cm³/mol. The number of methoxy groups -OCH3 is 1. The quantitative estimate of drug-likeness (QED) is 0.677. The first kappa shape index (κ1) is 18.0. The van der Waals surface area contributed by atoms with E-state index in [9.17, 15) is 4.79 Å². The van der Waals surface area contributed by atoms with Crippen LogP contribution in [0.3, 0.4) is 0 Å². The van der Waals surface area contributed by atoms with Crippen molar-refractivity contribution in [3.05, 3.63) is 10.6 Å². The molecular weight excluding hydrogens is 284 g/mol. The van der Waals surface area contributed by atoms with E-state index in [2.05, 4.69) is 37.6 Å². The molecule has 5 heteroatoms. The highest BCUT2D eigenvalue weighted by Crippen LogP contribution is 2.27. The molecule has 0 unspecified atom stereocenters. The topological polar surface area (TPSA) is 42.4 Å². The highest BCUT2D eigenvalue weighted by atomic mass is 32.1. The van der Waals surface area contributed by atoms with Gasteiger partial charge in [0.1, 0.15) is 4.88 Å². The Balaban J connectivity index is 2.88. The van der Waals surface area contributed by atoms with Gasteiger partial charge in [-0.25, -0.2) is 9.78 Å². The summed E-state index contributed by atoms with van der Waals surface area (Å²) in [6, 6.07) is 0. The van der Waals surface area contributed by atoms with E-state index >= 15 is 0 Å². The maximum Gasteiger partial charge on any atom is 0.350 e. The first-order valence-corrected chi connectivity index (χ1v) is 8.47. The molecule has 120 valence electrons. The molecule has 0 amide bonds. The molecule has 0 fully saturated rings. The average Bonchev–Trinajstić information content (AvgIpc) is 2.79. The summed E-state index contributed by atoms with van der Waals surface area (Å²) in [4.78, 5) is 19.2. The first-order chi connectivity index (χ1) is 9.85. The molecule has 1 heterocycles. The maximum absolute atomic E-state index is 11.7. The van der Waals surface area contributed by atoms with Crippen LogP contribution in [0.5, 0.6) is 0 Å². The van der Waals surface area contributed by atoms with E-state index in [1.807, 2.05) is 6.92 Å². The number of esters is 1. The SMILES string of the molecule is COC(=O)c1sc(N(CCC(C)C)CCC(C)C)nc1C. The van der Waals surface area contributed by atoms with Gasteiger partial charge in [-0.2, -0.15) is 0 Å². The fourth-order valence-corrected chi connectivity index (χ4v) is 2.97. The Morgan fingerprint density at radius 3 is 2.14 bits per heavy atom. The van der Waals surface area contributed by atoms with Crippen LogP contribution in [0, 0.1) is 18.8 Å². The number of ether oxygens (including phenoxy) is 1. The lowest BCUT2D eigenvalue weighted by atomic mass is 10.1. The maximum atomic E-state index is 11.7. The van der Waals surface area contributed by atoms with Crippen molar-refractivity contribution < 1.29 is 9.53 Å². The number of anilines is 1. The largest absolute Gasteiger partial charge is 0.465 e. The van der Waals surface area contributed by atoms with Crippen molar-refractivity contribution in [2.45, 2.75) is 47.5 Å². The van der Waals surface area contributed by atoms with Crippen LogP contribution in [0.4, 0.5) is 5.13 Å². The fourth-order valence-electron chi connectivity index (χ4n) is 1.93. The molecule has 1 aromatic heterocycles. The van der Waals surface area contributed by atoms with Gasteiger partial charge in [0.2, 0.25) is 0 Å². The summed E-state index contributed by atoms with van der Waals surface area (Å²) in [5, 5.41) is 0.939. The molecule has 0 saturated carbocycles. The summed E-state index contributed by atoms with van der Waals surface area (Å²) in [6.07, 6.45) is 2.26.